The minimum absolute atomic E-state index is 0.150. The average Bonchev–Trinajstić information content (AvgIpc) is 2.69. The lowest BCUT2D eigenvalue weighted by Gasteiger charge is -2.31. The highest BCUT2D eigenvalue weighted by Crippen LogP contribution is 2.24. The molecule has 1 N–H and O–H groups in total. The average molecular weight is 217 g/mol. The lowest BCUT2D eigenvalue weighted by Crippen LogP contribution is -2.46. The molecule has 1 amide bonds. The first-order valence-electron chi connectivity index (χ1n) is 5.82. The predicted octanol–water partition coefficient (Wildman–Crippen LogP) is 0.789. The van der Waals surface area contributed by atoms with Crippen LogP contribution in [0.25, 0.3) is 0 Å². The molecule has 0 saturated carbocycles. The smallest absolute Gasteiger partial charge is 0.256 e. The van der Waals surface area contributed by atoms with Gasteiger partial charge in [0.15, 0.2) is 0 Å². The van der Waals surface area contributed by atoms with E-state index in [1.54, 1.807) is 6.20 Å². The zero-order valence-electron chi connectivity index (χ0n) is 9.15. The van der Waals surface area contributed by atoms with Crippen LogP contribution in [0, 0.1) is 0 Å². The topological polar surface area (TPSA) is 45.2 Å². The number of carbonyl (C=O) groups is 1. The van der Waals surface area contributed by atoms with E-state index < -0.39 is 0 Å². The SMILES string of the molecule is O=C1c2cccnc2CN1[C@H]1CCCNC1. The quantitative estimate of drug-likeness (QED) is 0.756. The summed E-state index contributed by atoms with van der Waals surface area (Å²) in [5, 5.41) is 3.34. The zero-order chi connectivity index (χ0) is 11.0. The van der Waals surface area contributed by atoms with Crippen LogP contribution < -0.4 is 5.32 Å². The molecule has 0 unspecified atom stereocenters. The highest BCUT2D eigenvalue weighted by Gasteiger charge is 2.33. The maximum Gasteiger partial charge on any atom is 0.256 e. The number of amides is 1. The molecule has 1 aromatic rings. The van der Waals surface area contributed by atoms with Gasteiger partial charge in [0.25, 0.3) is 5.91 Å². The first kappa shape index (κ1) is 9.78. The van der Waals surface area contributed by atoms with Gasteiger partial charge < -0.3 is 10.2 Å². The predicted molar refractivity (Wildman–Crippen MR) is 60.0 cm³/mol. The molecule has 2 aliphatic heterocycles. The molecule has 1 aromatic heterocycles. The van der Waals surface area contributed by atoms with Crippen molar-refractivity contribution in [2.45, 2.75) is 25.4 Å². The number of piperidine rings is 1. The third kappa shape index (κ3) is 1.50. The second-order valence-corrected chi connectivity index (χ2v) is 4.43. The van der Waals surface area contributed by atoms with E-state index in [0.29, 0.717) is 12.6 Å². The first-order valence-corrected chi connectivity index (χ1v) is 5.82. The van der Waals surface area contributed by atoms with Crippen LogP contribution in [0.1, 0.15) is 28.9 Å². The van der Waals surface area contributed by atoms with Crippen molar-refractivity contribution in [2.24, 2.45) is 0 Å². The van der Waals surface area contributed by atoms with Crippen LogP contribution in [-0.4, -0.2) is 34.9 Å². The first-order chi connectivity index (χ1) is 7.86. The lowest BCUT2D eigenvalue weighted by molar-refractivity contribution is 0.0674. The summed E-state index contributed by atoms with van der Waals surface area (Å²) < 4.78 is 0. The molecule has 1 fully saturated rings. The number of hydrogen-bond acceptors (Lipinski definition) is 3. The molecule has 1 saturated heterocycles. The van der Waals surface area contributed by atoms with Crippen LogP contribution in [0.15, 0.2) is 18.3 Å². The number of aromatic nitrogens is 1. The Morgan fingerprint density at radius 2 is 2.44 bits per heavy atom. The molecule has 0 aliphatic carbocycles. The van der Waals surface area contributed by atoms with E-state index >= 15 is 0 Å². The molecular weight excluding hydrogens is 202 g/mol. The summed E-state index contributed by atoms with van der Waals surface area (Å²) in [6.45, 7) is 2.67. The second kappa shape index (κ2) is 3.87. The van der Waals surface area contributed by atoms with Crippen molar-refractivity contribution in [3.8, 4) is 0 Å². The van der Waals surface area contributed by atoms with Crippen LogP contribution in [0.5, 0.6) is 0 Å². The molecule has 3 rings (SSSR count). The number of nitrogens with one attached hydrogen (secondary N) is 1. The van der Waals surface area contributed by atoms with E-state index in [9.17, 15) is 4.79 Å². The van der Waals surface area contributed by atoms with Crippen molar-refractivity contribution < 1.29 is 4.79 Å². The number of fused-ring (bicyclic) bond motifs is 1. The molecule has 4 nitrogen and oxygen atoms in total. The van der Waals surface area contributed by atoms with Crippen molar-refractivity contribution in [3.05, 3.63) is 29.6 Å². The van der Waals surface area contributed by atoms with Gasteiger partial charge in [0.1, 0.15) is 0 Å². The maximum atomic E-state index is 12.2. The Hall–Kier alpha value is -1.42. The Balaban J connectivity index is 1.83. The molecule has 16 heavy (non-hydrogen) atoms. The normalized spacial score (nSPS) is 24.6. The summed E-state index contributed by atoms with van der Waals surface area (Å²) in [4.78, 5) is 18.4. The van der Waals surface area contributed by atoms with Crippen LogP contribution >= 0.6 is 0 Å². The Bertz CT molecular complexity index is 412. The number of pyridine rings is 1. The number of rotatable bonds is 1. The maximum absolute atomic E-state index is 12.2. The van der Waals surface area contributed by atoms with E-state index in [4.69, 9.17) is 0 Å². The van der Waals surface area contributed by atoms with Crippen LogP contribution in [0.4, 0.5) is 0 Å². The minimum Gasteiger partial charge on any atom is -0.328 e. The Morgan fingerprint density at radius 3 is 3.19 bits per heavy atom. The van der Waals surface area contributed by atoms with E-state index in [-0.39, 0.29) is 5.91 Å². The fourth-order valence-electron chi connectivity index (χ4n) is 2.54. The van der Waals surface area contributed by atoms with Crippen molar-refractivity contribution in [1.29, 1.82) is 0 Å². The second-order valence-electron chi connectivity index (χ2n) is 4.43. The monoisotopic (exact) mass is 217 g/mol. The Morgan fingerprint density at radius 1 is 1.50 bits per heavy atom. The number of hydrogen-bond donors (Lipinski definition) is 1. The zero-order valence-corrected chi connectivity index (χ0v) is 9.15. The fraction of sp³-hybridized carbons (Fsp3) is 0.500. The van der Waals surface area contributed by atoms with E-state index in [1.165, 1.54) is 0 Å². The number of nitrogens with zero attached hydrogens (tertiary/aromatic N) is 2. The van der Waals surface area contributed by atoms with Crippen molar-refractivity contribution in [1.82, 2.24) is 15.2 Å². The van der Waals surface area contributed by atoms with Gasteiger partial charge >= 0.3 is 0 Å². The van der Waals surface area contributed by atoms with Crippen molar-refractivity contribution in [3.63, 3.8) is 0 Å². The summed E-state index contributed by atoms with van der Waals surface area (Å²) in [7, 11) is 0. The van der Waals surface area contributed by atoms with Gasteiger partial charge in [-0.15, -0.1) is 0 Å². The highest BCUT2D eigenvalue weighted by molar-refractivity contribution is 5.97. The van der Waals surface area contributed by atoms with E-state index in [0.717, 1.165) is 37.2 Å². The summed E-state index contributed by atoms with van der Waals surface area (Å²) in [6, 6.07) is 4.05. The van der Waals surface area contributed by atoms with Gasteiger partial charge in [-0.05, 0) is 31.5 Å². The molecule has 4 heteroatoms. The summed E-state index contributed by atoms with van der Waals surface area (Å²) >= 11 is 0. The van der Waals surface area contributed by atoms with Gasteiger partial charge in [0.2, 0.25) is 0 Å². The molecule has 0 radical (unpaired) electrons. The highest BCUT2D eigenvalue weighted by atomic mass is 16.2. The summed E-state index contributed by atoms with van der Waals surface area (Å²) in [5.74, 6) is 0.150. The van der Waals surface area contributed by atoms with E-state index in [1.807, 2.05) is 17.0 Å². The largest absolute Gasteiger partial charge is 0.328 e. The third-order valence-corrected chi connectivity index (χ3v) is 3.41. The van der Waals surface area contributed by atoms with Crippen molar-refractivity contribution >= 4 is 5.91 Å². The van der Waals surface area contributed by atoms with Gasteiger partial charge in [0, 0.05) is 18.8 Å². The molecule has 0 aromatic carbocycles. The third-order valence-electron chi connectivity index (χ3n) is 3.41. The van der Waals surface area contributed by atoms with Gasteiger partial charge in [0.05, 0.1) is 17.8 Å². The molecular formula is C12H15N3O. The Labute approximate surface area is 94.7 Å². The minimum atomic E-state index is 0.150. The lowest BCUT2D eigenvalue weighted by atomic mass is 10.1. The molecule has 0 spiro atoms. The number of carbonyl (C=O) groups excluding carboxylic acids is 1. The van der Waals surface area contributed by atoms with Gasteiger partial charge in [-0.25, -0.2) is 0 Å². The van der Waals surface area contributed by atoms with Crippen LogP contribution in [0.2, 0.25) is 0 Å². The van der Waals surface area contributed by atoms with Gasteiger partial charge in [-0.3, -0.25) is 9.78 Å². The van der Waals surface area contributed by atoms with E-state index in [2.05, 4.69) is 10.3 Å². The molecule has 84 valence electrons. The molecule has 3 heterocycles. The summed E-state index contributed by atoms with van der Waals surface area (Å²) in [6.07, 6.45) is 4.01. The van der Waals surface area contributed by atoms with Crippen LogP contribution in [0.3, 0.4) is 0 Å². The van der Waals surface area contributed by atoms with Gasteiger partial charge in [-0.2, -0.15) is 0 Å². The standard InChI is InChI=1S/C12H15N3O/c16-12-10-4-2-6-14-11(10)8-15(12)9-3-1-5-13-7-9/h2,4,6,9,13H,1,3,5,7-8H2/t9-/m0/s1. The summed E-state index contributed by atoms with van der Waals surface area (Å²) in [5.41, 5.74) is 1.71. The molecule has 1 atom stereocenters. The fourth-order valence-corrected chi connectivity index (χ4v) is 2.54. The molecule has 2 aliphatic rings. The Kier molecular flexibility index (Phi) is 2.36. The molecule has 0 bridgehead atoms. The van der Waals surface area contributed by atoms with Crippen molar-refractivity contribution in [2.75, 3.05) is 13.1 Å². The van der Waals surface area contributed by atoms with Gasteiger partial charge in [-0.1, -0.05) is 0 Å². The van der Waals surface area contributed by atoms with Crippen LogP contribution in [-0.2, 0) is 6.54 Å².